The van der Waals surface area contributed by atoms with Gasteiger partial charge in [0, 0.05) is 24.8 Å². The third-order valence-electron chi connectivity index (χ3n) is 2.68. The maximum atomic E-state index is 13.3. The van der Waals surface area contributed by atoms with Gasteiger partial charge >= 0.3 is 0 Å². The molecule has 3 nitrogen and oxygen atoms in total. The Morgan fingerprint density at radius 2 is 2.38 bits per heavy atom. The van der Waals surface area contributed by atoms with E-state index in [1.807, 2.05) is 0 Å². The number of hydrogen-bond donors (Lipinski definition) is 1. The van der Waals surface area contributed by atoms with E-state index in [0.717, 1.165) is 25.9 Å². The highest BCUT2D eigenvalue weighted by molar-refractivity contribution is 5.42. The molecular formula is C12H16FNO2. The van der Waals surface area contributed by atoms with Crippen LogP contribution >= 0.6 is 0 Å². The molecule has 16 heavy (non-hydrogen) atoms. The SMILES string of the molecule is Nc1ccc(OCCC2CCCO2)c(F)c1. The first-order valence-corrected chi connectivity index (χ1v) is 5.55. The van der Waals surface area contributed by atoms with E-state index >= 15 is 0 Å². The molecule has 1 fully saturated rings. The minimum atomic E-state index is -0.410. The average Bonchev–Trinajstić information content (AvgIpc) is 2.74. The van der Waals surface area contributed by atoms with Gasteiger partial charge in [-0.25, -0.2) is 4.39 Å². The van der Waals surface area contributed by atoms with Crippen LogP contribution in [0.25, 0.3) is 0 Å². The molecule has 2 rings (SSSR count). The van der Waals surface area contributed by atoms with Gasteiger partial charge in [0.05, 0.1) is 12.7 Å². The quantitative estimate of drug-likeness (QED) is 0.800. The van der Waals surface area contributed by atoms with E-state index in [2.05, 4.69) is 0 Å². The Kier molecular flexibility index (Phi) is 3.62. The molecule has 1 aliphatic heterocycles. The molecule has 1 unspecified atom stereocenters. The highest BCUT2D eigenvalue weighted by Crippen LogP contribution is 2.21. The minimum Gasteiger partial charge on any atom is -0.490 e. The Bertz CT molecular complexity index is 351. The fraction of sp³-hybridized carbons (Fsp3) is 0.500. The van der Waals surface area contributed by atoms with Crippen LogP contribution in [0.1, 0.15) is 19.3 Å². The molecule has 1 saturated heterocycles. The molecule has 88 valence electrons. The summed E-state index contributed by atoms with van der Waals surface area (Å²) >= 11 is 0. The highest BCUT2D eigenvalue weighted by Gasteiger charge is 2.15. The van der Waals surface area contributed by atoms with Crippen LogP contribution < -0.4 is 10.5 Å². The van der Waals surface area contributed by atoms with Crippen LogP contribution in [-0.2, 0) is 4.74 Å². The number of nitrogens with two attached hydrogens (primary N) is 1. The van der Waals surface area contributed by atoms with Crippen molar-refractivity contribution in [3.63, 3.8) is 0 Å². The maximum absolute atomic E-state index is 13.3. The van der Waals surface area contributed by atoms with Gasteiger partial charge in [0.2, 0.25) is 0 Å². The normalized spacial score (nSPS) is 19.9. The maximum Gasteiger partial charge on any atom is 0.167 e. The van der Waals surface area contributed by atoms with E-state index in [0.29, 0.717) is 12.3 Å². The number of benzene rings is 1. The largest absolute Gasteiger partial charge is 0.490 e. The Labute approximate surface area is 94.3 Å². The lowest BCUT2D eigenvalue weighted by Gasteiger charge is -2.11. The van der Waals surface area contributed by atoms with E-state index in [1.165, 1.54) is 6.07 Å². The number of halogens is 1. The van der Waals surface area contributed by atoms with Gasteiger partial charge in [0.25, 0.3) is 0 Å². The topological polar surface area (TPSA) is 44.5 Å². The molecule has 0 aromatic heterocycles. The summed E-state index contributed by atoms with van der Waals surface area (Å²) in [7, 11) is 0. The molecule has 4 heteroatoms. The summed E-state index contributed by atoms with van der Waals surface area (Å²) < 4.78 is 24.1. The van der Waals surface area contributed by atoms with Crippen molar-refractivity contribution in [2.24, 2.45) is 0 Å². The molecule has 1 aliphatic rings. The third-order valence-corrected chi connectivity index (χ3v) is 2.68. The lowest BCUT2D eigenvalue weighted by Crippen LogP contribution is -2.11. The summed E-state index contributed by atoms with van der Waals surface area (Å²) in [6, 6.07) is 4.45. The summed E-state index contributed by atoms with van der Waals surface area (Å²) in [5.74, 6) is -0.153. The van der Waals surface area contributed by atoms with Crippen LogP contribution in [0.2, 0.25) is 0 Å². The number of anilines is 1. The zero-order valence-electron chi connectivity index (χ0n) is 9.12. The predicted molar refractivity (Wildman–Crippen MR) is 59.9 cm³/mol. The van der Waals surface area contributed by atoms with E-state index in [9.17, 15) is 4.39 Å². The molecule has 1 aromatic carbocycles. The molecule has 1 aromatic rings. The molecule has 0 aliphatic carbocycles. The van der Waals surface area contributed by atoms with E-state index in [-0.39, 0.29) is 11.9 Å². The summed E-state index contributed by atoms with van der Waals surface area (Å²) in [6.45, 7) is 1.31. The van der Waals surface area contributed by atoms with Crippen LogP contribution in [0.3, 0.4) is 0 Å². The van der Waals surface area contributed by atoms with Crippen LogP contribution in [0.5, 0.6) is 5.75 Å². The predicted octanol–water partition coefficient (Wildman–Crippen LogP) is 2.36. The molecule has 1 heterocycles. The molecule has 0 bridgehead atoms. The zero-order chi connectivity index (χ0) is 11.4. The van der Waals surface area contributed by atoms with Crippen molar-refractivity contribution in [2.45, 2.75) is 25.4 Å². The average molecular weight is 225 g/mol. The van der Waals surface area contributed by atoms with Gasteiger partial charge in [0.1, 0.15) is 0 Å². The summed E-state index contributed by atoms with van der Waals surface area (Å²) in [5.41, 5.74) is 5.85. The van der Waals surface area contributed by atoms with Gasteiger partial charge in [-0.3, -0.25) is 0 Å². The van der Waals surface area contributed by atoms with Crippen molar-refractivity contribution in [3.05, 3.63) is 24.0 Å². The van der Waals surface area contributed by atoms with Crippen LogP contribution in [0.4, 0.5) is 10.1 Å². The first kappa shape index (κ1) is 11.2. The number of hydrogen-bond acceptors (Lipinski definition) is 3. The first-order valence-electron chi connectivity index (χ1n) is 5.55. The molecule has 1 atom stereocenters. The van der Waals surface area contributed by atoms with Crippen LogP contribution in [0, 0.1) is 5.82 Å². The van der Waals surface area contributed by atoms with Gasteiger partial charge in [-0.15, -0.1) is 0 Å². The smallest absolute Gasteiger partial charge is 0.167 e. The molecular weight excluding hydrogens is 209 g/mol. The van der Waals surface area contributed by atoms with E-state index < -0.39 is 5.82 Å². The fourth-order valence-electron chi connectivity index (χ4n) is 1.81. The van der Waals surface area contributed by atoms with Gasteiger partial charge < -0.3 is 15.2 Å². The van der Waals surface area contributed by atoms with Gasteiger partial charge in [-0.1, -0.05) is 0 Å². The molecule has 0 saturated carbocycles. The van der Waals surface area contributed by atoms with E-state index in [4.69, 9.17) is 15.2 Å². The number of ether oxygens (including phenoxy) is 2. The first-order chi connectivity index (χ1) is 7.75. The second kappa shape index (κ2) is 5.16. The second-order valence-electron chi connectivity index (χ2n) is 3.96. The van der Waals surface area contributed by atoms with Crippen LogP contribution in [0.15, 0.2) is 18.2 Å². The van der Waals surface area contributed by atoms with Crippen molar-refractivity contribution >= 4 is 5.69 Å². The fourth-order valence-corrected chi connectivity index (χ4v) is 1.81. The molecule has 0 amide bonds. The minimum absolute atomic E-state index is 0.257. The Morgan fingerprint density at radius 1 is 1.50 bits per heavy atom. The van der Waals surface area contributed by atoms with Gasteiger partial charge in [0.15, 0.2) is 11.6 Å². The zero-order valence-corrected chi connectivity index (χ0v) is 9.12. The van der Waals surface area contributed by atoms with Gasteiger partial charge in [-0.2, -0.15) is 0 Å². The summed E-state index contributed by atoms with van der Waals surface area (Å²) in [4.78, 5) is 0. The van der Waals surface area contributed by atoms with Gasteiger partial charge in [-0.05, 0) is 25.0 Å². The molecule has 2 N–H and O–H groups in total. The molecule has 0 radical (unpaired) electrons. The van der Waals surface area contributed by atoms with Crippen molar-refractivity contribution in [1.29, 1.82) is 0 Å². The van der Waals surface area contributed by atoms with Crippen molar-refractivity contribution in [3.8, 4) is 5.75 Å². The van der Waals surface area contributed by atoms with Crippen molar-refractivity contribution < 1.29 is 13.9 Å². The number of rotatable bonds is 4. The number of nitrogen functional groups attached to an aromatic ring is 1. The molecule has 0 spiro atoms. The monoisotopic (exact) mass is 225 g/mol. The van der Waals surface area contributed by atoms with Crippen LogP contribution in [-0.4, -0.2) is 19.3 Å². The Balaban J connectivity index is 1.80. The lowest BCUT2D eigenvalue weighted by atomic mass is 10.2. The second-order valence-corrected chi connectivity index (χ2v) is 3.96. The van der Waals surface area contributed by atoms with E-state index in [1.54, 1.807) is 12.1 Å². The summed E-state index contributed by atoms with van der Waals surface area (Å²) in [6.07, 6.45) is 3.27. The lowest BCUT2D eigenvalue weighted by molar-refractivity contribution is 0.0897. The van der Waals surface area contributed by atoms with Crippen molar-refractivity contribution in [1.82, 2.24) is 0 Å². The highest BCUT2D eigenvalue weighted by atomic mass is 19.1. The Hall–Kier alpha value is -1.29. The Morgan fingerprint density at radius 3 is 3.06 bits per heavy atom. The van der Waals surface area contributed by atoms with Crippen molar-refractivity contribution in [2.75, 3.05) is 18.9 Å². The standard InChI is InChI=1S/C12H16FNO2/c13-11-8-9(14)3-4-12(11)16-7-5-10-2-1-6-15-10/h3-4,8,10H,1-2,5-7,14H2. The summed E-state index contributed by atoms with van der Waals surface area (Å²) in [5, 5.41) is 0. The third kappa shape index (κ3) is 2.85.